The van der Waals surface area contributed by atoms with Crippen molar-refractivity contribution in [1.29, 1.82) is 0 Å². The number of fused-ring (bicyclic) bond motifs is 1. The number of pyridine rings is 1. The Morgan fingerprint density at radius 2 is 1.93 bits per heavy atom. The monoisotopic (exact) mass is 374 g/mol. The first kappa shape index (κ1) is 18.7. The molecule has 0 aliphatic carbocycles. The predicted octanol–water partition coefficient (Wildman–Crippen LogP) is 4.03. The topological polar surface area (TPSA) is 51.2 Å². The van der Waals surface area contributed by atoms with Crippen LogP contribution >= 0.6 is 0 Å². The minimum Gasteiger partial charge on any atom is -0.406 e. The lowest BCUT2D eigenvalue weighted by Gasteiger charge is -2.11. The number of alkyl halides is 3. The summed E-state index contributed by atoms with van der Waals surface area (Å²) in [6.45, 7) is 0.320. The summed E-state index contributed by atoms with van der Waals surface area (Å²) in [6, 6.07) is 13.3. The molecule has 0 saturated carbocycles. The van der Waals surface area contributed by atoms with Gasteiger partial charge in [0.05, 0.1) is 6.42 Å². The normalized spacial score (nSPS) is 11.4. The fourth-order valence-electron chi connectivity index (χ4n) is 2.82. The number of amides is 1. The number of ether oxygens (including phenoxy) is 1. The van der Waals surface area contributed by atoms with E-state index < -0.39 is 6.36 Å². The third-order valence-electron chi connectivity index (χ3n) is 3.99. The van der Waals surface area contributed by atoms with Gasteiger partial charge in [0.2, 0.25) is 5.91 Å². The van der Waals surface area contributed by atoms with Gasteiger partial charge in [-0.25, -0.2) is 0 Å². The standard InChI is InChI=1S/C20H17F3N2O2/c21-20(22,23)27-17-6-1-3-14(11-17)7-10-25-19(26)12-15-4-2-5-16-13-24-9-8-18(15)16/h1-6,8-9,11,13H,7,10,12H2,(H,25,26). The molecule has 0 aliphatic heterocycles. The van der Waals surface area contributed by atoms with E-state index in [4.69, 9.17) is 0 Å². The molecule has 140 valence electrons. The average Bonchev–Trinajstić information content (AvgIpc) is 2.61. The van der Waals surface area contributed by atoms with E-state index in [-0.39, 0.29) is 18.1 Å². The highest BCUT2D eigenvalue weighted by atomic mass is 19.4. The molecule has 1 heterocycles. The molecule has 0 spiro atoms. The summed E-state index contributed by atoms with van der Waals surface area (Å²) in [4.78, 5) is 16.3. The van der Waals surface area contributed by atoms with Gasteiger partial charge in [-0.15, -0.1) is 13.2 Å². The smallest absolute Gasteiger partial charge is 0.406 e. The first-order valence-corrected chi connectivity index (χ1v) is 8.34. The number of halogens is 3. The van der Waals surface area contributed by atoms with Crippen LogP contribution in [0.2, 0.25) is 0 Å². The summed E-state index contributed by atoms with van der Waals surface area (Å²) in [5, 5.41) is 4.73. The number of nitrogens with one attached hydrogen (secondary N) is 1. The molecule has 0 unspecified atom stereocenters. The Morgan fingerprint density at radius 3 is 2.74 bits per heavy atom. The van der Waals surface area contributed by atoms with Crippen molar-refractivity contribution in [3.05, 3.63) is 72.1 Å². The zero-order valence-corrected chi connectivity index (χ0v) is 14.3. The summed E-state index contributed by atoms with van der Waals surface area (Å²) in [5.41, 5.74) is 1.54. The molecule has 27 heavy (non-hydrogen) atoms. The first-order chi connectivity index (χ1) is 12.9. The molecule has 1 amide bonds. The SMILES string of the molecule is O=C(Cc1cccc2cnccc12)NCCc1cccc(OC(F)(F)F)c1. The molecule has 7 heteroatoms. The molecule has 1 N–H and O–H groups in total. The van der Waals surface area contributed by atoms with Gasteiger partial charge in [-0.2, -0.15) is 0 Å². The maximum absolute atomic E-state index is 12.3. The average molecular weight is 374 g/mol. The molecule has 3 aromatic rings. The highest BCUT2D eigenvalue weighted by molar-refractivity contribution is 5.89. The predicted molar refractivity (Wildman–Crippen MR) is 95.3 cm³/mol. The fraction of sp³-hybridized carbons (Fsp3) is 0.200. The third-order valence-corrected chi connectivity index (χ3v) is 3.99. The van der Waals surface area contributed by atoms with Gasteiger partial charge in [-0.05, 0) is 41.1 Å². The van der Waals surface area contributed by atoms with E-state index in [1.807, 2.05) is 24.3 Å². The molecule has 0 fully saturated rings. The Balaban J connectivity index is 1.55. The number of rotatable bonds is 6. The molecule has 0 atom stereocenters. The van der Waals surface area contributed by atoms with Crippen LogP contribution < -0.4 is 10.1 Å². The van der Waals surface area contributed by atoms with Crippen LogP contribution in [0.5, 0.6) is 5.75 Å². The van der Waals surface area contributed by atoms with E-state index in [9.17, 15) is 18.0 Å². The van der Waals surface area contributed by atoms with E-state index in [1.54, 1.807) is 18.5 Å². The Kier molecular flexibility index (Phi) is 5.59. The van der Waals surface area contributed by atoms with Crippen molar-refractivity contribution >= 4 is 16.7 Å². The summed E-state index contributed by atoms with van der Waals surface area (Å²) in [7, 11) is 0. The highest BCUT2D eigenvalue weighted by Crippen LogP contribution is 2.23. The van der Waals surface area contributed by atoms with Crippen LogP contribution in [-0.2, 0) is 17.6 Å². The van der Waals surface area contributed by atoms with Gasteiger partial charge in [0.15, 0.2) is 0 Å². The summed E-state index contributed by atoms with van der Waals surface area (Å²) in [5.74, 6) is -0.419. The van der Waals surface area contributed by atoms with Crippen molar-refractivity contribution in [3.8, 4) is 5.75 Å². The van der Waals surface area contributed by atoms with Gasteiger partial charge in [0.25, 0.3) is 0 Å². The third kappa shape index (κ3) is 5.44. The van der Waals surface area contributed by atoms with E-state index >= 15 is 0 Å². The van der Waals surface area contributed by atoms with E-state index in [2.05, 4.69) is 15.0 Å². The van der Waals surface area contributed by atoms with Crippen LogP contribution in [0, 0.1) is 0 Å². The van der Waals surface area contributed by atoms with Gasteiger partial charge in [-0.1, -0.05) is 30.3 Å². The maximum Gasteiger partial charge on any atom is 0.573 e. The number of benzene rings is 2. The van der Waals surface area contributed by atoms with Gasteiger partial charge in [0, 0.05) is 24.3 Å². The molecule has 2 aromatic carbocycles. The summed E-state index contributed by atoms with van der Waals surface area (Å²) < 4.78 is 40.7. The zero-order chi connectivity index (χ0) is 19.3. The first-order valence-electron chi connectivity index (χ1n) is 8.34. The molecule has 0 radical (unpaired) electrons. The Morgan fingerprint density at radius 1 is 1.11 bits per heavy atom. The number of nitrogens with zero attached hydrogens (tertiary/aromatic N) is 1. The van der Waals surface area contributed by atoms with E-state index in [1.165, 1.54) is 18.2 Å². The van der Waals surface area contributed by atoms with Gasteiger partial charge in [-0.3, -0.25) is 9.78 Å². The van der Waals surface area contributed by atoms with Crippen molar-refractivity contribution in [2.45, 2.75) is 19.2 Å². The van der Waals surface area contributed by atoms with Crippen LogP contribution in [0.15, 0.2) is 60.9 Å². The number of hydrogen-bond acceptors (Lipinski definition) is 3. The summed E-state index contributed by atoms with van der Waals surface area (Å²) in [6.07, 6.45) is -0.674. The van der Waals surface area contributed by atoms with E-state index in [0.717, 1.165) is 16.3 Å². The van der Waals surface area contributed by atoms with Crippen LogP contribution in [0.1, 0.15) is 11.1 Å². The van der Waals surface area contributed by atoms with Crippen LogP contribution in [0.25, 0.3) is 10.8 Å². The molecule has 0 bridgehead atoms. The van der Waals surface area contributed by atoms with Crippen molar-refractivity contribution < 1.29 is 22.7 Å². The van der Waals surface area contributed by atoms with Gasteiger partial charge >= 0.3 is 6.36 Å². The van der Waals surface area contributed by atoms with Crippen LogP contribution in [0.4, 0.5) is 13.2 Å². The molecular formula is C20H17F3N2O2. The molecule has 0 aliphatic rings. The highest BCUT2D eigenvalue weighted by Gasteiger charge is 2.31. The largest absolute Gasteiger partial charge is 0.573 e. The molecule has 4 nitrogen and oxygen atoms in total. The second kappa shape index (κ2) is 8.07. The molecular weight excluding hydrogens is 357 g/mol. The second-order valence-corrected chi connectivity index (χ2v) is 5.99. The Hall–Kier alpha value is -3.09. The number of hydrogen-bond donors (Lipinski definition) is 1. The van der Waals surface area contributed by atoms with Gasteiger partial charge in [0.1, 0.15) is 5.75 Å². The quantitative estimate of drug-likeness (QED) is 0.709. The lowest BCUT2D eigenvalue weighted by molar-refractivity contribution is -0.274. The lowest BCUT2D eigenvalue weighted by atomic mass is 10.0. The fourth-order valence-corrected chi connectivity index (χ4v) is 2.82. The lowest BCUT2D eigenvalue weighted by Crippen LogP contribution is -2.27. The van der Waals surface area contributed by atoms with Crippen LogP contribution in [-0.4, -0.2) is 23.8 Å². The van der Waals surface area contributed by atoms with E-state index in [0.29, 0.717) is 18.5 Å². The molecule has 3 rings (SSSR count). The minimum atomic E-state index is -4.72. The molecule has 0 saturated heterocycles. The Labute approximate surface area is 154 Å². The second-order valence-electron chi connectivity index (χ2n) is 5.99. The van der Waals surface area contributed by atoms with Gasteiger partial charge < -0.3 is 10.1 Å². The number of aromatic nitrogens is 1. The Bertz CT molecular complexity index is 936. The van der Waals surface area contributed by atoms with Crippen molar-refractivity contribution in [2.75, 3.05) is 6.54 Å². The number of carbonyl (C=O) groups excluding carboxylic acids is 1. The minimum absolute atomic E-state index is 0.151. The van der Waals surface area contributed by atoms with Crippen molar-refractivity contribution in [2.24, 2.45) is 0 Å². The van der Waals surface area contributed by atoms with Crippen molar-refractivity contribution in [1.82, 2.24) is 10.3 Å². The van der Waals surface area contributed by atoms with Crippen LogP contribution in [0.3, 0.4) is 0 Å². The number of carbonyl (C=O) groups is 1. The zero-order valence-electron chi connectivity index (χ0n) is 14.3. The van der Waals surface area contributed by atoms with Crippen molar-refractivity contribution in [3.63, 3.8) is 0 Å². The summed E-state index contributed by atoms with van der Waals surface area (Å²) >= 11 is 0. The maximum atomic E-state index is 12.3. The molecule has 1 aromatic heterocycles.